The van der Waals surface area contributed by atoms with Gasteiger partial charge >= 0.3 is 0 Å². The van der Waals surface area contributed by atoms with Crippen LogP contribution < -0.4 is 0 Å². The molecule has 0 radical (unpaired) electrons. The maximum Gasteiger partial charge on any atom is 0.0273 e. The van der Waals surface area contributed by atoms with Crippen LogP contribution in [-0.4, -0.2) is 0 Å². The molecule has 0 N–H and O–H groups in total. The first-order valence-corrected chi connectivity index (χ1v) is 12.7. The highest BCUT2D eigenvalue weighted by Gasteiger charge is 1.97. The van der Waals surface area contributed by atoms with E-state index in [9.17, 15) is 0 Å². The van der Waals surface area contributed by atoms with E-state index in [1.165, 1.54) is 0 Å². The topological polar surface area (TPSA) is 0 Å². The second-order valence-corrected chi connectivity index (χ2v) is 6.65. The van der Waals surface area contributed by atoms with E-state index in [4.69, 9.17) is 0 Å². The van der Waals surface area contributed by atoms with Crippen molar-refractivity contribution in [3.8, 4) is 35.5 Å². The Morgan fingerprint density at radius 2 is 0.472 bits per heavy atom. The highest BCUT2D eigenvalue weighted by atomic mass is 14.0. The number of benzene rings is 4. The van der Waals surface area contributed by atoms with Crippen molar-refractivity contribution in [3.63, 3.8) is 0 Å². The van der Waals surface area contributed by atoms with Gasteiger partial charge in [0.15, 0.2) is 0 Å². The summed E-state index contributed by atoms with van der Waals surface area (Å²) in [5, 5.41) is 0. The predicted octanol–water partition coefficient (Wildman–Crippen LogP) is 8.96. The molecule has 0 saturated carbocycles. The minimum Gasteiger partial charge on any atom is -0.0683 e. The maximum atomic E-state index is 3.25. The minimum absolute atomic E-state index is 0.899. The van der Waals surface area contributed by atoms with Crippen molar-refractivity contribution in [3.05, 3.63) is 143 Å². The zero-order valence-electron chi connectivity index (χ0n) is 22.4. The van der Waals surface area contributed by atoms with Gasteiger partial charge in [-0.25, -0.2) is 0 Å². The molecular formula is C36H36. The van der Waals surface area contributed by atoms with Crippen molar-refractivity contribution in [1.82, 2.24) is 0 Å². The van der Waals surface area contributed by atoms with Gasteiger partial charge in [-0.1, -0.05) is 132 Å². The fraction of sp³-hybridized carbons (Fsp3) is 0.167. The van der Waals surface area contributed by atoms with Gasteiger partial charge in [0, 0.05) is 33.4 Å². The Balaban J connectivity index is 0.00000101. The molecule has 0 heterocycles. The third kappa shape index (κ3) is 11.1. The molecule has 0 aliphatic rings. The second kappa shape index (κ2) is 18.9. The van der Waals surface area contributed by atoms with Crippen LogP contribution in [0.1, 0.15) is 74.9 Å². The number of hydrogen-bond donors (Lipinski definition) is 0. The zero-order valence-corrected chi connectivity index (χ0v) is 22.4. The summed E-state index contributed by atoms with van der Waals surface area (Å²) in [6.07, 6.45) is 0. The molecule has 0 amide bonds. The molecule has 0 fully saturated rings. The third-order valence-corrected chi connectivity index (χ3v) is 4.31. The van der Waals surface area contributed by atoms with E-state index < -0.39 is 0 Å². The van der Waals surface area contributed by atoms with Crippen molar-refractivity contribution in [2.75, 3.05) is 0 Å². The van der Waals surface area contributed by atoms with E-state index in [2.05, 4.69) is 35.5 Å². The van der Waals surface area contributed by atoms with Gasteiger partial charge in [0.25, 0.3) is 0 Å². The smallest absolute Gasteiger partial charge is 0.0273 e. The third-order valence-electron chi connectivity index (χ3n) is 4.31. The molecule has 180 valence electrons. The molecule has 4 aromatic carbocycles. The molecule has 0 nitrogen and oxygen atoms in total. The van der Waals surface area contributed by atoms with Crippen LogP contribution in [0.2, 0.25) is 0 Å². The van der Waals surface area contributed by atoms with Gasteiger partial charge in [-0.15, -0.1) is 0 Å². The zero-order chi connectivity index (χ0) is 26.4. The summed E-state index contributed by atoms with van der Waals surface area (Å²) in [7, 11) is 0. The summed E-state index contributed by atoms with van der Waals surface area (Å²) in [6.45, 7) is 12.0. The molecule has 4 aromatic rings. The van der Waals surface area contributed by atoms with Crippen molar-refractivity contribution < 1.29 is 0 Å². The minimum atomic E-state index is 0.899. The van der Waals surface area contributed by atoms with Gasteiger partial charge in [0.05, 0.1) is 0 Å². The largest absolute Gasteiger partial charge is 0.0683 e. The van der Waals surface area contributed by atoms with Crippen LogP contribution in [0.4, 0.5) is 0 Å². The summed E-state index contributed by atoms with van der Waals surface area (Å²) in [6, 6.07) is 36.0. The molecule has 4 rings (SSSR count). The van der Waals surface area contributed by atoms with Crippen LogP contribution in [0.15, 0.2) is 109 Å². The van der Waals surface area contributed by atoms with Crippen molar-refractivity contribution in [1.29, 1.82) is 0 Å². The monoisotopic (exact) mass is 468 g/mol. The normalized spacial score (nSPS) is 8.17. The Hall–Kier alpha value is -4.44. The van der Waals surface area contributed by atoms with Crippen LogP contribution >= 0.6 is 0 Å². The lowest BCUT2D eigenvalue weighted by molar-refractivity contribution is 1.50. The second-order valence-electron chi connectivity index (χ2n) is 6.65. The van der Waals surface area contributed by atoms with Crippen molar-refractivity contribution in [2.24, 2.45) is 0 Å². The van der Waals surface area contributed by atoms with E-state index in [0.29, 0.717) is 0 Å². The average molecular weight is 469 g/mol. The summed E-state index contributed by atoms with van der Waals surface area (Å²) in [5.41, 5.74) is 5.64. The van der Waals surface area contributed by atoms with Crippen LogP contribution in [-0.2, 0) is 0 Å². The highest BCUT2D eigenvalue weighted by molar-refractivity contribution is 5.55. The predicted molar refractivity (Wildman–Crippen MR) is 158 cm³/mol. The van der Waals surface area contributed by atoms with Crippen LogP contribution in [0.3, 0.4) is 0 Å². The molecule has 0 aliphatic carbocycles. The lowest BCUT2D eigenvalue weighted by Gasteiger charge is -1.98. The van der Waals surface area contributed by atoms with Gasteiger partial charge < -0.3 is 0 Å². The van der Waals surface area contributed by atoms with E-state index in [1.807, 2.05) is 151 Å². The van der Waals surface area contributed by atoms with Crippen molar-refractivity contribution in [2.45, 2.75) is 41.5 Å². The Labute approximate surface area is 219 Å². The summed E-state index contributed by atoms with van der Waals surface area (Å²) >= 11 is 0. The molecule has 0 aromatic heterocycles. The molecule has 0 heteroatoms. The first kappa shape index (κ1) is 29.6. The fourth-order valence-electron chi connectivity index (χ4n) is 2.84. The van der Waals surface area contributed by atoms with Gasteiger partial charge in [0.1, 0.15) is 0 Å². The van der Waals surface area contributed by atoms with E-state index >= 15 is 0 Å². The van der Waals surface area contributed by atoms with Gasteiger partial charge in [-0.2, -0.15) is 0 Å². The molecule has 0 unspecified atom stereocenters. The lowest BCUT2D eigenvalue weighted by Crippen LogP contribution is -1.85. The molecule has 0 spiro atoms. The van der Waals surface area contributed by atoms with Crippen LogP contribution in [0.5, 0.6) is 0 Å². The maximum absolute atomic E-state index is 3.25. The Morgan fingerprint density at radius 3 is 0.694 bits per heavy atom. The van der Waals surface area contributed by atoms with E-state index in [0.717, 1.165) is 33.4 Å². The molecule has 0 saturated heterocycles. The highest BCUT2D eigenvalue weighted by Crippen LogP contribution is 2.10. The summed E-state index contributed by atoms with van der Waals surface area (Å²) < 4.78 is 0. The van der Waals surface area contributed by atoms with Gasteiger partial charge in [-0.3, -0.25) is 0 Å². The first-order chi connectivity index (χ1) is 17.8. The molecule has 0 aliphatic heterocycles. The summed E-state index contributed by atoms with van der Waals surface area (Å²) in [5.74, 6) is 19.4. The lowest BCUT2D eigenvalue weighted by atomic mass is 10.0. The fourth-order valence-corrected chi connectivity index (χ4v) is 2.84. The average Bonchev–Trinajstić information content (AvgIpc) is 2.99. The molecule has 0 bridgehead atoms. The quantitative estimate of drug-likeness (QED) is 0.226. The Kier molecular flexibility index (Phi) is 15.6. The molecular weight excluding hydrogens is 432 g/mol. The van der Waals surface area contributed by atoms with E-state index in [1.54, 1.807) is 0 Å². The van der Waals surface area contributed by atoms with Crippen molar-refractivity contribution >= 4 is 0 Å². The Bertz CT molecular complexity index is 1130. The van der Waals surface area contributed by atoms with Crippen LogP contribution in [0, 0.1) is 35.5 Å². The molecule has 0 atom stereocenters. The summed E-state index contributed by atoms with van der Waals surface area (Å²) in [4.78, 5) is 0. The number of hydrogen-bond acceptors (Lipinski definition) is 0. The van der Waals surface area contributed by atoms with Gasteiger partial charge in [0.2, 0.25) is 0 Å². The van der Waals surface area contributed by atoms with E-state index in [-0.39, 0.29) is 0 Å². The number of rotatable bonds is 0. The SMILES string of the molecule is C(#Cc1cc(C#Cc2ccccc2)cc(C#Cc2ccccc2)c1)c1ccccc1.CC.CC.CC. The standard InChI is InChI=1S/C30H18.3C2H6/c1-4-10-25(11-5-1)16-19-28-22-29(20-17-26-12-6-2-7-13-26)24-30(23-28)21-18-27-14-8-3-9-15-27;3*1-2/h1-15,22-24H;3*1-2H3. The van der Waals surface area contributed by atoms with Gasteiger partial charge in [-0.05, 0) is 54.6 Å². The van der Waals surface area contributed by atoms with Crippen LogP contribution in [0.25, 0.3) is 0 Å². The molecule has 36 heavy (non-hydrogen) atoms. The first-order valence-electron chi connectivity index (χ1n) is 12.7. The Morgan fingerprint density at radius 1 is 0.278 bits per heavy atom.